The average molecular weight is 404 g/mol. The first-order chi connectivity index (χ1) is 12.2. The van der Waals surface area contributed by atoms with Crippen LogP contribution in [0.3, 0.4) is 0 Å². The summed E-state index contributed by atoms with van der Waals surface area (Å²) in [6.45, 7) is 5.29. The number of likely N-dealkylation sites (N-methyl/N-ethyl adjacent to an activating group) is 1. The van der Waals surface area contributed by atoms with Crippen LogP contribution in [-0.4, -0.2) is 51.6 Å². The third kappa shape index (κ3) is 6.54. The third-order valence-electron chi connectivity index (χ3n) is 3.93. The highest BCUT2D eigenvalue weighted by Gasteiger charge is 2.30. The van der Waals surface area contributed by atoms with Crippen LogP contribution in [-0.2, 0) is 30.7 Å². The summed E-state index contributed by atoms with van der Waals surface area (Å²) in [5.74, 6) is 0.0652. The van der Waals surface area contributed by atoms with Gasteiger partial charge < -0.3 is 9.47 Å². The number of epoxide rings is 1. The molecule has 0 aliphatic carbocycles. The topological polar surface area (TPSA) is 76.2 Å². The van der Waals surface area contributed by atoms with Crippen molar-refractivity contribution in [3.05, 3.63) is 28.8 Å². The molecule has 0 bridgehead atoms. The Morgan fingerprint density at radius 1 is 1.38 bits per heavy atom. The van der Waals surface area contributed by atoms with Crippen LogP contribution in [0.5, 0.6) is 0 Å². The maximum absolute atomic E-state index is 12.7. The molecule has 1 heterocycles. The van der Waals surface area contributed by atoms with Gasteiger partial charge >= 0.3 is 5.97 Å². The molecule has 1 atom stereocenters. The Morgan fingerprint density at radius 3 is 2.69 bits per heavy atom. The fourth-order valence-corrected chi connectivity index (χ4v) is 4.04. The van der Waals surface area contributed by atoms with Crippen molar-refractivity contribution in [2.45, 2.75) is 44.1 Å². The van der Waals surface area contributed by atoms with Crippen LogP contribution in [0.4, 0.5) is 0 Å². The molecule has 146 valence electrons. The van der Waals surface area contributed by atoms with E-state index >= 15 is 0 Å². The lowest BCUT2D eigenvalue weighted by molar-refractivity contribution is -0.144. The summed E-state index contributed by atoms with van der Waals surface area (Å²) in [5, 5.41) is 0.361. The molecule has 0 unspecified atom stereocenters. The number of carbonyl (C=O) groups is 1. The Kier molecular flexibility index (Phi) is 7.46. The van der Waals surface area contributed by atoms with Crippen molar-refractivity contribution >= 4 is 27.6 Å². The summed E-state index contributed by atoms with van der Waals surface area (Å²) in [4.78, 5) is 11.8. The van der Waals surface area contributed by atoms with Gasteiger partial charge in [0.15, 0.2) is 0 Å². The molecule has 0 aromatic heterocycles. The predicted molar refractivity (Wildman–Crippen MR) is 99.7 cm³/mol. The molecule has 1 aliphatic rings. The first-order valence-electron chi connectivity index (χ1n) is 8.71. The van der Waals surface area contributed by atoms with E-state index in [0.29, 0.717) is 50.0 Å². The van der Waals surface area contributed by atoms with E-state index in [-0.39, 0.29) is 17.0 Å². The summed E-state index contributed by atoms with van der Waals surface area (Å²) < 4.78 is 36.8. The van der Waals surface area contributed by atoms with Crippen LogP contribution in [0.2, 0.25) is 5.02 Å². The highest BCUT2D eigenvalue weighted by molar-refractivity contribution is 7.89. The second-order valence-electron chi connectivity index (χ2n) is 6.97. The molecular weight excluding hydrogens is 378 g/mol. The van der Waals surface area contributed by atoms with Gasteiger partial charge in [0, 0.05) is 25.0 Å². The Labute approximate surface area is 160 Å². The average Bonchev–Trinajstić information content (AvgIpc) is 3.36. The van der Waals surface area contributed by atoms with E-state index in [0.717, 1.165) is 5.56 Å². The van der Waals surface area contributed by atoms with Crippen molar-refractivity contribution in [1.82, 2.24) is 4.31 Å². The minimum Gasteiger partial charge on any atom is -0.465 e. The molecule has 0 saturated carbocycles. The molecule has 1 aromatic carbocycles. The minimum absolute atomic E-state index is 0.0229. The van der Waals surface area contributed by atoms with Gasteiger partial charge in [0.1, 0.15) is 0 Å². The van der Waals surface area contributed by atoms with Crippen LogP contribution in [0.1, 0.15) is 32.3 Å². The number of halogens is 1. The maximum Gasteiger partial charge on any atom is 0.305 e. The first-order valence-corrected chi connectivity index (χ1v) is 10.5. The van der Waals surface area contributed by atoms with Crippen LogP contribution < -0.4 is 0 Å². The Morgan fingerprint density at radius 2 is 2.08 bits per heavy atom. The molecule has 1 fully saturated rings. The van der Waals surface area contributed by atoms with Crippen LogP contribution in [0, 0.1) is 5.92 Å². The van der Waals surface area contributed by atoms with Gasteiger partial charge in [0.05, 0.1) is 24.2 Å². The number of esters is 1. The largest absolute Gasteiger partial charge is 0.465 e. The lowest BCUT2D eigenvalue weighted by Gasteiger charge is -2.17. The number of benzene rings is 1. The monoisotopic (exact) mass is 403 g/mol. The highest BCUT2D eigenvalue weighted by Crippen LogP contribution is 2.24. The smallest absolute Gasteiger partial charge is 0.305 e. The molecule has 1 saturated heterocycles. The Balaban J connectivity index is 1.97. The second kappa shape index (κ2) is 9.17. The van der Waals surface area contributed by atoms with Gasteiger partial charge in [-0.05, 0) is 42.5 Å². The number of aryl methyl sites for hydroxylation is 1. The maximum atomic E-state index is 12.7. The molecular formula is C18H26ClNO5S. The molecule has 2 rings (SSSR count). The molecule has 26 heavy (non-hydrogen) atoms. The van der Waals surface area contributed by atoms with E-state index in [1.54, 1.807) is 12.1 Å². The van der Waals surface area contributed by atoms with Gasteiger partial charge in [-0.1, -0.05) is 25.4 Å². The lowest BCUT2D eigenvalue weighted by atomic mass is 10.1. The molecule has 0 amide bonds. The lowest BCUT2D eigenvalue weighted by Crippen LogP contribution is -2.30. The molecule has 1 aliphatic heterocycles. The third-order valence-corrected chi connectivity index (χ3v) is 5.95. The van der Waals surface area contributed by atoms with E-state index in [4.69, 9.17) is 21.1 Å². The SMILES string of the molecule is CC(C)COC(=O)CCCc1cc(Cl)cc(S(=O)(=O)N(C)C[C@H]2CO2)c1. The zero-order chi connectivity index (χ0) is 19.3. The van der Waals surface area contributed by atoms with Gasteiger partial charge in [-0.3, -0.25) is 4.79 Å². The van der Waals surface area contributed by atoms with Crippen molar-refractivity contribution < 1.29 is 22.7 Å². The number of hydrogen-bond donors (Lipinski definition) is 0. The highest BCUT2D eigenvalue weighted by atomic mass is 35.5. The normalized spacial score (nSPS) is 16.9. The summed E-state index contributed by atoms with van der Waals surface area (Å²) in [7, 11) is -2.09. The van der Waals surface area contributed by atoms with Crippen molar-refractivity contribution in [1.29, 1.82) is 0 Å². The van der Waals surface area contributed by atoms with Crippen molar-refractivity contribution in [3.63, 3.8) is 0 Å². The van der Waals surface area contributed by atoms with Crippen molar-refractivity contribution in [3.8, 4) is 0 Å². The van der Waals surface area contributed by atoms with Gasteiger partial charge in [-0.2, -0.15) is 4.31 Å². The first kappa shape index (κ1) is 21.2. The molecule has 1 aromatic rings. The number of ether oxygens (including phenoxy) is 2. The second-order valence-corrected chi connectivity index (χ2v) is 9.45. The van der Waals surface area contributed by atoms with Gasteiger partial charge in [-0.15, -0.1) is 0 Å². The summed E-state index contributed by atoms with van der Waals surface area (Å²) >= 11 is 6.11. The zero-order valence-corrected chi connectivity index (χ0v) is 17.0. The molecule has 0 radical (unpaired) electrons. The van der Waals surface area contributed by atoms with E-state index < -0.39 is 10.0 Å². The minimum atomic E-state index is -3.62. The number of nitrogens with zero attached hydrogens (tertiary/aromatic N) is 1. The van der Waals surface area contributed by atoms with Gasteiger partial charge in [0.2, 0.25) is 10.0 Å². The molecule has 8 heteroatoms. The van der Waals surface area contributed by atoms with E-state index in [9.17, 15) is 13.2 Å². The standard InChI is InChI=1S/C18H26ClNO5S/c1-13(2)11-25-18(21)6-4-5-14-7-15(19)9-17(8-14)26(22,23)20(3)10-16-12-24-16/h7-9,13,16H,4-6,10-12H2,1-3H3/t16-/m0/s1. The van der Waals surface area contributed by atoms with Crippen LogP contribution in [0.25, 0.3) is 0 Å². The fourth-order valence-electron chi connectivity index (χ4n) is 2.42. The number of sulfonamides is 1. The molecule has 0 N–H and O–H groups in total. The van der Waals surface area contributed by atoms with Gasteiger partial charge in [-0.25, -0.2) is 8.42 Å². The van der Waals surface area contributed by atoms with Crippen LogP contribution in [0.15, 0.2) is 23.1 Å². The Hall–Kier alpha value is -1.15. The van der Waals surface area contributed by atoms with Crippen molar-refractivity contribution in [2.75, 3.05) is 26.8 Å². The Bertz CT molecular complexity index is 731. The summed E-state index contributed by atoms with van der Waals surface area (Å²) in [5.41, 5.74) is 0.781. The van der Waals surface area contributed by atoms with E-state index in [1.807, 2.05) is 13.8 Å². The molecule has 0 spiro atoms. The zero-order valence-electron chi connectivity index (χ0n) is 15.4. The number of rotatable bonds is 10. The van der Waals surface area contributed by atoms with E-state index in [1.165, 1.54) is 17.4 Å². The number of carbonyl (C=O) groups excluding carboxylic acids is 1. The number of hydrogen-bond acceptors (Lipinski definition) is 5. The predicted octanol–water partition coefficient (Wildman–Crippen LogP) is 2.88. The quantitative estimate of drug-likeness (QED) is 0.443. The molecule has 6 nitrogen and oxygen atoms in total. The van der Waals surface area contributed by atoms with E-state index in [2.05, 4.69) is 0 Å². The fraction of sp³-hybridized carbons (Fsp3) is 0.611. The summed E-state index contributed by atoms with van der Waals surface area (Å²) in [6.07, 6.45) is 1.39. The van der Waals surface area contributed by atoms with Crippen molar-refractivity contribution in [2.24, 2.45) is 5.92 Å². The summed E-state index contributed by atoms with van der Waals surface area (Å²) in [6, 6.07) is 4.79. The van der Waals surface area contributed by atoms with Crippen LogP contribution >= 0.6 is 11.6 Å². The van der Waals surface area contributed by atoms with Gasteiger partial charge in [0.25, 0.3) is 0 Å².